The summed E-state index contributed by atoms with van der Waals surface area (Å²) in [5, 5.41) is 13.8. The van der Waals surface area contributed by atoms with E-state index < -0.39 is 11.4 Å². The van der Waals surface area contributed by atoms with Gasteiger partial charge < -0.3 is 14.5 Å². The summed E-state index contributed by atoms with van der Waals surface area (Å²) in [4.78, 5) is 13.9. The summed E-state index contributed by atoms with van der Waals surface area (Å²) >= 11 is 0. The molecule has 5 rings (SSSR count). The lowest BCUT2D eigenvalue weighted by Gasteiger charge is -2.21. The number of aromatic nitrogens is 1. The monoisotopic (exact) mass is 480 g/mol. The van der Waals surface area contributed by atoms with Crippen LogP contribution in [-0.2, 0) is 16.8 Å². The molecule has 36 heavy (non-hydrogen) atoms. The molecule has 1 heterocycles. The van der Waals surface area contributed by atoms with Crippen molar-refractivity contribution in [3.8, 4) is 22.5 Å². The summed E-state index contributed by atoms with van der Waals surface area (Å²) < 4.78 is 5.77. The van der Waals surface area contributed by atoms with E-state index in [-0.39, 0.29) is 0 Å². The van der Waals surface area contributed by atoms with E-state index in [1.165, 1.54) is 5.56 Å². The van der Waals surface area contributed by atoms with Crippen LogP contribution in [0.4, 0.5) is 0 Å². The zero-order chi connectivity index (χ0) is 25.3. The number of hydrogen-bond donors (Lipinski definition) is 1. The van der Waals surface area contributed by atoms with Crippen molar-refractivity contribution in [2.75, 3.05) is 13.6 Å². The highest BCUT2D eigenvalue weighted by molar-refractivity contribution is 5.85. The first kappa shape index (κ1) is 24.0. The first-order valence-corrected chi connectivity index (χ1v) is 12.5. The van der Waals surface area contributed by atoms with Crippen LogP contribution in [0.1, 0.15) is 48.1 Å². The van der Waals surface area contributed by atoms with Gasteiger partial charge in [0.25, 0.3) is 0 Å². The molecule has 0 amide bonds. The Labute approximate surface area is 212 Å². The van der Waals surface area contributed by atoms with Crippen LogP contribution in [0.5, 0.6) is 0 Å². The van der Waals surface area contributed by atoms with E-state index in [1.807, 2.05) is 31.2 Å². The van der Waals surface area contributed by atoms with E-state index in [0.29, 0.717) is 5.92 Å². The number of carbonyl (C=O) groups is 1. The van der Waals surface area contributed by atoms with Crippen molar-refractivity contribution in [2.24, 2.45) is 0 Å². The van der Waals surface area contributed by atoms with Crippen LogP contribution < -0.4 is 0 Å². The minimum absolute atomic E-state index is 0.427. The minimum Gasteiger partial charge on any atom is -0.481 e. The molecule has 1 aliphatic carbocycles. The second kappa shape index (κ2) is 9.75. The highest BCUT2D eigenvalue weighted by atomic mass is 16.5. The summed E-state index contributed by atoms with van der Waals surface area (Å²) in [7, 11) is 2.14. The van der Waals surface area contributed by atoms with Crippen molar-refractivity contribution < 1.29 is 14.4 Å². The summed E-state index contributed by atoms with van der Waals surface area (Å²) in [6, 6.07) is 26.8. The van der Waals surface area contributed by atoms with Crippen molar-refractivity contribution in [3.63, 3.8) is 0 Å². The average molecular weight is 481 g/mol. The van der Waals surface area contributed by atoms with Gasteiger partial charge in [-0.1, -0.05) is 90.9 Å². The lowest BCUT2D eigenvalue weighted by Crippen LogP contribution is -2.23. The zero-order valence-electron chi connectivity index (χ0n) is 21.1. The summed E-state index contributed by atoms with van der Waals surface area (Å²) in [6.07, 6.45) is 1.44. The molecule has 0 radical (unpaired) electrons. The second-order valence-electron chi connectivity index (χ2n) is 10.1. The van der Waals surface area contributed by atoms with E-state index in [2.05, 4.69) is 78.6 Å². The molecule has 1 N–H and O–H groups in total. The number of carboxylic acid groups (broad SMARTS) is 1. The molecule has 1 aromatic heterocycles. The number of likely N-dealkylation sites (N-methyl/N-ethyl adjacent to an activating group) is 1. The van der Waals surface area contributed by atoms with Gasteiger partial charge in [0.2, 0.25) is 0 Å². The van der Waals surface area contributed by atoms with Crippen molar-refractivity contribution in [1.82, 2.24) is 10.1 Å². The van der Waals surface area contributed by atoms with Crippen LogP contribution in [-0.4, -0.2) is 34.7 Å². The number of benzene rings is 3. The maximum Gasteiger partial charge on any atom is 0.314 e. The Balaban J connectivity index is 1.30. The van der Waals surface area contributed by atoms with E-state index in [9.17, 15) is 9.90 Å². The fraction of sp³-hybridized carbons (Fsp3) is 0.290. The van der Waals surface area contributed by atoms with Gasteiger partial charge in [0, 0.05) is 24.2 Å². The van der Waals surface area contributed by atoms with Crippen molar-refractivity contribution in [3.05, 3.63) is 101 Å². The molecule has 1 fully saturated rings. The van der Waals surface area contributed by atoms with Gasteiger partial charge in [-0.15, -0.1) is 0 Å². The molecular weight excluding hydrogens is 448 g/mol. The molecule has 3 aromatic carbocycles. The maximum atomic E-state index is 11.6. The van der Waals surface area contributed by atoms with Gasteiger partial charge in [0.15, 0.2) is 5.76 Å². The Morgan fingerprint density at radius 1 is 0.972 bits per heavy atom. The summed E-state index contributed by atoms with van der Waals surface area (Å²) in [6.45, 7) is 5.95. The number of nitrogens with zero attached hydrogens (tertiary/aromatic N) is 2. The third-order valence-electron chi connectivity index (χ3n) is 7.44. The Morgan fingerprint density at radius 2 is 1.56 bits per heavy atom. The normalized spacial score (nSPS) is 15.1. The molecule has 1 saturated carbocycles. The van der Waals surface area contributed by atoms with Crippen molar-refractivity contribution in [2.45, 2.75) is 44.6 Å². The molecule has 1 unspecified atom stereocenters. The number of hydrogen-bond acceptors (Lipinski definition) is 4. The van der Waals surface area contributed by atoms with Gasteiger partial charge in [-0.2, -0.15) is 0 Å². The first-order chi connectivity index (χ1) is 17.4. The lowest BCUT2D eigenvalue weighted by molar-refractivity contribution is -0.140. The lowest BCUT2D eigenvalue weighted by atomic mass is 9.93. The number of aliphatic carboxylic acids is 1. The van der Waals surface area contributed by atoms with E-state index >= 15 is 0 Å². The zero-order valence-corrected chi connectivity index (χ0v) is 21.1. The smallest absolute Gasteiger partial charge is 0.314 e. The molecular formula is C31H32N2O3. The molecule has 1 aliphatic rings. The Morgan fingerprint density at radius 3 is 2.14 bits per heavy atom. The van der Waals surface area contributed by atoms with Gasteiger partial charge in [-0.25, -0.2) is 0 Å². The van der Waals surface area contributed by atoms with Gasteiger partial charge in [0.05, 0.1) is 11.1 Å². The predicted molar refractivity (Wildman–Crippen MR) is 142 cm³/mol. The second-order valence-corrected chi connectivity index (χ2v) is 10.1. The van der Waals surface area contributed by atoms with E-state index in [4.69, 9.17) is 4.52 Å². The van der Waals surface area contributed by atoms with Gasteiger partial charge in [-0.3, -0.25) is 4.79 Å². The number of carboxylic acids is 1. The molecule has 5 nitrogen and oxygen atoms in total. The SMILES string of the molecule is Cc1noc(-c2ccc(-c3ccc(C4(C(=O)O)CC4)cc3)cc2)c1CN(C)CC(C)c1ccccc1. The van der Waals surface area contributed by atoms with Crippen LogP contribution in [0, 0.1) is 6.92 Å². The number of rotatable bonds is 9. The fourth-order valence-corrected chi connectivity index (χ4v) is 5.04. The van der Waals surface area contributed by atoms with Crippen LogP contribution in [0.15, 0.2) is 83.4 Å². The molecule has 0 bridgehead atoms. The Bertz CT molecular complexity index is 1340. The standard InChI is InChI=1S/C31H32N2O3/c1-21(23-7-5-4-6-8-23)19-33(3)20-28-22(2)32-36-29(28)26-11-9-24(10-12-26)25-13-15-27(16-14-25)31(17-18-31)30(34)35/h4-16,21H,17-20H2,1-3H3,(H,34,35). The van der Waals surface area contributed by atoms with Crippen molar-refractivity contribution in [1.29, 1.82) is 0 Å². The molecule has 1 atom stereocenters. The fourth-order valence-electron chi connectivity index (χ4n) is 5.04. The molecule has 5 heteroatoms. The van der Waals surface area contributed by atoms with Gasteiger partial charge >= 0.3 is 5.97 Å². The third kappa shape index (κ3) is 4.71. The quantitative estimate of drug-likeness (QED) is 0.290. The van der Waals surface area contributed by atoms with Crippen molar-refractivity contribution >= 4 is 5.97 Å². The Kier molecular flexibility index (Phi) is 6.50. The average Bonchev–Trinajstić information content (AvgIpc) is 3.64. The highest BCUT2D eigenvalue weighted by Gasteiger charge is 2.51. The largest absolute Gasteiger partial charge is 0.481 e. The topological polar surface area (TPSA) is 66.6 Å². The van der Waals surface area contributed by atoms with Gasteiger partial charge in [0.1, 0.15) is 0 Å². The molecule has 4 aromatic rings. The third-order valence-corrected chi connectivity index (χ3v) is 7.44. The van der Waals surface area contributed by atoms with Crippen LogP contribution >= 0.6 is 0 Å². The predicted octanol–water partition coefficient (Wildman–Crippen LogP) is 6.67. The molecule has 0 saturated heterocycles. The van der Waals surface area contributed by atoms with E-state index in [0.717, 1.165) is 65.2 Å². The summed E-state index contributed by atoms with van der Waals surface area (Å²) in [5.41, 5.74) is 6.73. The molecule has 0 aliphatic heterocycles. The molecule has 184 valence electrons. The molecule has 0 spiro atoms. The number of aryl methyl sites for hydroxylation is 1. The summed E-state index contributed by atoms with van der Waals surface area (Å²) in [5.74, 6) is 0.513. The van der Waals surface area contributed by atoms with Gasteiger partial charge in [-0.05, 0) is 55.0 Å². The van der Waals surface area contributed by atoms with E-state index in [1.54, 1.807) is 0 Å². The van der Waals surface area contributed by atoms with Crippen LogP contribution in [0.25, 0.3) is 22.5 Å². The van der Waals surface area contributed by atoms with Crippen LogP contribution in [0.3, 0.4) is 0 Å². The maximum absolute atomic E-state index is 11.6. The first-order valence-electron chi connectivity index (χ1n) is 12.5. The Hall–Kier alpha value is -3.70. The minimum atomic E-state index is -0.724. The highest BCUT2D eigenvalue weighted by Crippen LogP contribution is 2.48. The van der Waals surface area contributed by atoms with Crippen LogP contribution in [0.2, 0.25) is 0 Å².